The van der Waals surface area contributed by atoms with E-state index in [0.29, 0.717) is 0 Å². The summed E-state index contributed by atoms with van der Waals surface area (Å²) in [6, 6.07) is 0. The van der Waals surface area contributed by atoms with Crippen molar-refractivity contribution in [3.05, 3.63) is 22.8 Å². The summed E-state index contributed by atoms with van der Waals surface area (Å²) in [5.74, 6) is 0. The molecule has 0 spiro atoms. The monoisotopic (exact) mass is 388 g/mol. The number of rotatable bonds is 1. The Morgan fingerprint density at radius 1 is 0.941 bits per heavy atom. The van der Waals surface area contributed by atoms with E-state index in [4.69, 9.17) is 0 Å². The fourth-order valence-electron chi connectivity index (χ4n) is 1.97. The molecule has 1 rings (SSSR count). The maximum absolute atomic E-state index is 3.67. The van der Waals surface area contributed by atoms with Gasteiger partial charge in [-0.3, -0.25) is 6.08 Å². The Morgan fingerprint density at radius 2 is 1.29 bits per heavy atom. The van der Waals surface area contributed by atoms with Gasteiger partial charge in [0, 0.05) is 8.07 Å². The van der Waals surface area contributed by atoms with E-state index < -0.39 is 8.07 Å². The van der Waals surface area contributed by atoms with Crippen LogP contribution >= 0.6 is 0 Å². The molecule has 0 nitrogen and oxygen atoms in total. The van der Waals surface area contributed by atoms with Crippen molar-refractivity contribution < 1.29 is 63.4 Å². The molecule has 0 aliphatic heterocycles. The number of halogens is 3. The summed E-state index contributed by atoms with van der Waals surface area (Å²) in [6.07, 6.45) is 3.67. The fourth-order valence-corrected chi connectivity index (χ4v) is 3.84. The molecule has 0 saturated carbocycles. The first-order chi connectivity index (χ1) is 5.70. The van der Waals surface area contributed by atoms with Crippen LogP contribution in [-0.4, -0.2) is 8.07 Å². The minimum Gasteiger partial charge on any atom is -1.00 e. The third-order valence-electron chi connectivity index (χ3n) is 3.81. The standard InChI is InChI=1S/C12H21Si.3ClH.Zr/c1-9-8-12(4,13(5,6)7)11(3)10(9)2;;;;/h1-7H3;3*1H;/q-1;;;;+4/p-3. The molecule has 1 aliphatic carbocycles. The second-order valence-corrected chi connectivity index (χ2v) is 10.9. The molecular weight excluding hydrogens is 370 g/mol. The molecule has 17 heavy (non-hydrogen) atoms. The van der Waals surface area contributed by atoms with Crippen LogP contribution in [0.3, 0.4) is 0 Å². The van der Waals surface area contributed by atoms with Gasteiger partial charge < -0.3 is 37.2 Å². The van der Waals surface area contributed by atoms with E-state index in [1.165, 1.54) is 11.1 Å². The minimum atomic E-state index is -1.18. The van der Waals surface area contributed by atoms with Crippen LogP contribution in [0.4, 0.5) is 0 Å². The van der Waals surface area contributed by atoms with Gasteiger partial charge in [0.15, 0.2) is 0 Å². The normalized spacial score (nSPS) is 22.6. The van der Waals surface area contributed by atoms with Gasteiger partial charge in [-0.25, -0.2) is 5.57 Å². The second-order valence-electron chi connectivity index (χ2n) is 5.38. The van der Waals surface area contributed by atoms with Crippen LogP contribution in [0, 0.1) is 6.08 Å². The Kier molecular flexibility index (Phi) is 13.6. The molecule has 5 heteroatoms. The van der Waals surface area contributed by atoms with E-state index >= 15 is 0 Å². The SMILES string of the molecule is CC1=[C-]C(C)([Si](C)(C)C)C(C)=C1C.[Cl-].[Cl-].[Cl-].[Zr+4]. The van der Waals surface area contributed by atoms with Crippen molar-refractivity contribution in [2.45, 2.75) is 52.4 Å². The zero-order chi connectivity index (χ0) is 10.4. The van der Waals surface area contributed by atoms with Gasteiger partial charge in [-0.1, -0.05) is 45.5 Å². The van der Waals surface area contributed by atoms with Crippen LogP contribution in [-0.2, 0) is 26.2 Å². The molecule has 0 aromatic rings. The molecule has 0 fully saturated rings. The second kappa shape index (κ2) is 8.59. The number of hydrogen-bond donors (Lipinski definition) is 0. The molecule has 0 N–H and O–H groups in total. The Morgan fingerprint density at radius 3 is 1.41 bits per heavy atom. The predicted molar refractivity (Wildman–Crippen MR) is 62.5 cm³/mol. The maximum Gasteiger partial charge on any atom is 4.00 e. The first-order valence-electron chi connectivity index (χ1n) is 5.00. The quantitative estimate of drug-likeness (QED) is 0.311. The summed E-state index contributed by atoms with van der Waals surface area (Å²) in [5.41, 5.74) is 4.37. The van der Waals surface area contributed by atoms with Crippen molar-refractivity contribution in [1.82, 2.24) is 0 Å². The molecular formula is C12H21Cl3SiZr. The Bertz CT molecular complexity index is 305. The zero-order valence-corrected chi connectivity index (χ0v) is 17.4. The molecule has 1 unspecified atom stereocenters. The molecule has 0 bridgehead atoms. The first-order valence-corrected chi connectivity index (χ1v) is 8.50. The van der Waals surface area contributed by atoms with Gasteiger partial charge in [0.05, 0.1) is 0 Å². The largest absolute Gasteiger partial charge is 4.00 e. The summed E-state index contributed by atoms with van der Waals surface area (Å²) >= 11 is 0. The van der Waals surface area contributed by atoms with Gasteiger partial charge in [-0.15, -0.1) is 6.92 Å². The van der Waals surface area contributed by atoms with Crippen molar-refractivity contribution in [2.24, 2.45) is 0 Å². The van der Waals surface area contributed by atoms with Crippen LogP contribution in [0.1, 0.15) is 27.7 Å². The van der Waals surface area contributed by atoms with Crippen LogP contribution < -0.4 is 37.2 Å². The van der Waals surface area contributed by atoms with E-state index in [2.05, 4.69) is 53.4 Å². The van der Waals surface area contributed by atoms with Crippen molar-refractivity contribution in [2.75, 3.05) is 0 Å². The molecule has 0 aromatic carbocycles. The molecule has 0 amide bonds. The molecule has 1 atom stereocenters. The van der Waals surface area contributed by atoms with Crippen molar-refractivity contribution in [3.63, 3.8) is 0 Å². The zero-order valence-electron chi connectivity index (χ0n) is 11.6. The molecule has 1 aliphatic rings. The summed E-state index contributed by atoms with van der Waals surface area (Å²) in [4.78, 5) is 0. The Balaban J connectivity index is -0.000000211. The van der Waals surface area contributed by atoms with E-state index in [0.717, 1.165) is 0 Å². The smallest absolute Gasteiger partial charge is 1.00 e. The third kappa shape index (κ3) is 4.80. The molecule has 0 heterocycles. The fraction of sp³-hybridized carbons (Fsp3) is 0.667. The summed E-state index contributed by atoms with van der Waals surface area (Å²) in [7, 11) is -1.18. The van der Waals surface area contributed by atoms with Crippen molar-refractivity contribution in [1.29, 1.82) is 0 Å². The van der Waals surface area contributed by atoms with E-state index in [9.17, 15) is 0 Å². The number of allylic oxidation sites excluding steroid dienone is 4. The molecule has 0 aromatic heterocycles. The molecule has 98 valence electrons. The van der Waals surface area contributed by atoms with E-state index in [1.807, 2.05) is 0 Å². The van der Waals surface area contributed by atoms with Gasteiger partial charge >= 0.3 is 26.2 Å². The average Bonchev–Trinajstić information content (AvgIpc) is 2.15. The van der Waals surface area contributed by atoms with E-state index in [1.54, 1.807) is 5.57 Å². The van der Waals surface area contributed by atoms with Crippen LogP contribution in [0.25, 0.3) is 0 Å². The number of hydrogen-bond acceptors (Lipinski definition) is 0. The minimum absolute atomic E-state index is 0. The molecule has 0 saturated heterocycles. The van der Waals surface area contributed by atoms with Gasteiger partial charge in [-0.2, -0.15) is 11.1 Å². The topological polar surface area (TPSA) is 0 Å². The first kappa shape index (κ1) is 26.9. The van der Waals surface area contributed by atoms with Crippen molar-refractivity contribution >= 4 is 8.07 Å². The molecule has 0 radical (unpaired) electrons. The summed E-state index contributed by atoms with van der Waals surface area (Å²) < 4.78 is 0. The summed E-state index contributed by atoms with van der Waals surface area (Å²) in [6.45, 7) is 16.3. The van der Waals surface area contributed by atoms with Gasteiger partial charge in [0.2, 0.25) is 0 Å². The van der Waals surface area contributed by atoms with E-state index in [-0.39, 0.29) is 68.5 Å². The summed E-state index contributed by atoms with van der Waals surface area (Å²) in [5, 5.41) is 0.265. The van der Waals surface area contributed by atoms with Gasteiger partial charge in [-0.05, 0) is 0 Å². The van der Waals surface area contributed by atoms with Gasteiger partial charge in [0.1, 0.15) is 0 Å². The third-order valence-corrected chi connectivity index (χ3v) is 7.31. The Labute approximate surface area is 145 Å². The Hall–Kier alpha value is 1.45. The van der Waals surface area contributed by atoms with Crippen molar-refractivity contribution in [3.8, 4) is 0 Å². The van der Waals surface area contributed by atoms with Gasteiger partial charge in [0.25, 0.3) is 0 Å². The predicted octanol–water partition coefficient (Wildman–Crippen LogP) is -4.81. The van der Waals surface area contributed by atoms with Crippen LogP contribution in [0.5, 0.6) is 0 Å². The van der Waals surface area contributed by atoms with Crippen LogP contribution in [0.2, 0.25) is 24.7 Å². The maximum atomic E-state index is 3.67. The average molecular weight is 391 g/mol. The van der Waals surface area contributed by atoms with Crippen LogP contribution in [0.15, 0.2) is 16.7 Å².